The van der Waals surface area contributed by atoms with Gasteiger partial charge in [0.1, 0.15) is 17.3 Å². The zero-order valence-electron chi connectivity index (χ0n) is 19.9. The fourth-order valence-electron chi connectivity index (χ4n) is 4.35. The number of fused-ring (bicyclic) bond motifs is 1. The highest BCUT2D eigenvalue weighted by Crippen LogP contribution is 2.41. The number of amidine groups is 1. The van der Waals surface area contributed by atoms with Crippen molar-refractivity contribution in [3.8, 4) is 0 Å². The average Bonchev–Trinajstić information content (AvgIpc) is 2.76. The van der Waals surface area contributed by atoms with E-state index in [4.69, 9.17) is 10.5 Å². The molecule has 0 bridgehead atoms. The number of rotatable bonds is 7. The maximum atomic E-state index is 15.4. The Morgan fingerprint density at radius 2 is 1.94 bits per heavy atom. The second-order valence-electron chi connectivity index (χ2n) is 9.10. The predicted octanol–water partition coefficient (Wildman–Crippen LogP) is 5.06. The van der Waals surface area contributed by atoms with Crippen molar-refractivity contribution >= 4 is 17.9 Å². The summed E-state index contributed by atoms with van der Waals surface area (Å²) < 4.78 is 45.6. The monoisotopic (exact) mass is 487 g/mol. The first-order valence-corrected chi connectivity index (χ1v) is 11.0. The van der Waals surface area contributed by atoms with Gasteiger partial charge in [-0.1, -0.05) is 17.4 Å². The van der Waals surface area contributed by atoms with Crippen molar-refractivity contribution < 1.29 is 23.1 Å². The summed E-state index contributed by atoms with van der Waals surface area (Å²) in [7, 11) is 1.56. The number of benzene rings is 2. The van der Waals surface area contributed by atoms with E-state index in [1.54, 1.807) is 30.1 Å². The second kappa shape index (κ2) is 10.4. The third-order valence-corrected chi connectivity index (χ3v) is 5.73. The summed E-state index contributed by atoms with van der Waals surface area (Å²) in [6.07, 6.45) is 2.39. The summed E-state index contributed by atoms with van der Waals surface area (Å²) >= 11 is 0. The van der Waals surface area contributed by atoms with Crippen molar-refractivity contribution in [3.05, 3.63) is 75.9 Å². The van der Waals surface area contributed by atoms with Gasteiger partial charge in [-0.3, -0.25) is 15.7 Å². The number of nitrogens with zero attached hydrogens (tertiary/aromatic N) is 3. The molecule has 0 saturated heterocycles. The van der Waals surface area contributed by atoms with Gasteiger partial charge in [0, 0.05) is 36.8 Å². The number of alkyl halides is 1. The zero-order chi connectivity index (χ0) is 25.9. The Bertz CT molecular complexity index is 1170. The number of carboxylic acid groups (broad SMARTS) is 1. The van der Waals surface area contributed by atoms with Gasteiger partial charge < -0.3 is 5.11 Å². The molecule has 1 aliphatic rings. The molecule has 0 radical (unpaired) electrons. The van der Waals surface area contributed by atoms with Crippen LogP contribution in [0.1, 0.15) is 54.6 Å². The maximum absolute atomic E-state index is 15.4. The van der Waals surface area contributed by atoms with E-state index in [1.807, 2.05) is 6.92 Å². The number of aliphatic carboxylic acids is 1. The topological polar surface area (TPSA) is 101 Å². The van der Waals surface area contributed by atoms with Gasteiger partial charge in [0.15, 0.2) is 5.84 Å². The fraction of sp³-hybridized carbons (Fsp3) is 0.360. The van der Waals surface area contributed by atoms with Crippen LogP contribution in [0.2, 0.25) is 0 Å². The normalized spacial score (nSPS) is 18.7. The smallest absolute Gasteiger partial charge is 0.328 e. The number of carbonyl (C=O) groups is 1. The van der Waals surface area contributed by atoms with Crippen LogP contribution in [0, 0.1) is 17.0 Å². The van der Waals surface area contributed by atoms with Crippen molar-refractivity contribution in [1.29, 1.82) is 5.41 Å². The molecule has 0 fully saturated rings. The molecule has 0 saturated carbocycles. The molecule has 10 heteroatoms. The Kier molecular flexibility index (Phi) is 7.74. The summed E-state index contributed by atoms with van der Waals surface area (Å²) in [5.41, 5.74) is 2.53. The van der Waals surface area contributed by atoms with Gasteiger partial charge in [-0.25, -0.2) is 18.0 Å². The van der Waals surface area contributed by atoms with Gasteiger partial charge in [0.25, 0.3) is 0 Å². The van der Waals surface area contributed by atoms with Crippen LogP contribution < -0.4 is 5.43 Å². The van der Waals surface area contributed by atoms with Crippen LogP contribution >= 0.6 is 0 Å². The predicted molar refractivity (Wildman–Crippen MR) is 127 cm³/mol. The molecule has 1 aliphatic heterocycles. The molecule has 2 aromatic carbocycles. The molecule has 7 nitrogen and oxygen atoms in total. The lowest BCUT2D eigenvalue weighted by atomic mass is 9.83. The molecule has 2 aromatic rings. The molecule has 35 heavy (non-hydrogen) atoms. The van der Waals surface area contributed by atoms with E-state index >= 15 is 8.78 Å². The molecule has 0 amide bonds. The molecule has 0 aliphatic carbocycles. The summed E-state index contributed by atoms with van der Waals surface area (Å²) in [5, 5.41) is 24.3. The first-order valence-electron chi connectivity index (χ1n) is 11.0. The number of hydrogen-bond acceptors (Lipinski definition) is 4. The van der Waals surface area contributed by atoms with E-state index in [0.29, 0.717) is 17.5 Å². The largest absolute Gasteiger partial charge is 0.478 e. The first-order chi connectivity index (χ1) is 16.4. The summed E-state index contributed by atoms with van der Waals surface area (Å²) in [6.45, 7) is 4.62. The van der Waals surface area contributed by atoms with Gasteiger partial charge >= 0.3 is 5.97 Å². The minimum atomic E-state index is -1.63. The molecule has 1 heterocycles. The first kappa shape index (κ1) is 26.1. The standard InChI is InChI=1S/C25H28F3N5O2/c1-14-9-17-12-16(24(29)31-32-30-4)6-7-18(17)23(33(14)13-25(2,3)28)22-19(26)10-15(11-20(22)27)5-8-21(34)35/h5-8,10-12,14,23H,9,13H2,1-4H3,(H,34,35)(H2,29,30,31)/b8-5+. The second-order valence-corrected chi connectivity index (χ2v) is 9.10. The molecule has 2 atom stereocenters. The van der Waals surface area contributed by atoms with Crippen molar-refractivity contribution in [2.45, 2.75) is 44.9 Å². The van der Waals surface area contributed by atoms with Crippen LogP contribution in [0.3, 0.4) is 0 Å². The van der Waals surface area contributed by atoms with Gasteiger partial charge in [0.2, 0.25) is 0 Å². The molecular weight excluding hydrogens is 459 g/mol. The van der Waals surface area contributed by atoms with Gasteiger partial charge in [0.05, 0.1) is 6.04 Å². The van der Waals surface area contributed by atoms with Crippen LogP contribution in [-0.4, -0.2) is 47.1 Å². The van der Waals surface area contributed by atoms with E-state index in [9.17, 15) is 9.18 Å². The number of hydrogen-bond donors (Lipinski definition) is 3. The number of carboxylic acids is 1. The molecule has 186 valence electrons. The van der Waals surface area contributed by atoms with E-state index in [2.05, 4.69) is 15.8 Å². The third kappa shape index (κ3) is 6.13. The number of nitrogens with one attached hydrogen (secondary N) is 2. The highest BCUT2D eigenvalue weighted by Gasteiger charge is 2.39. The zero-order valence-corrected chi connectivity index (χ0v) is 19.9. The lowest BCUT2D eigenvalue weighted by Gasteiger charge is -2.44. The van der Waals surface area contributed by atoms with Crippen molar-refractivity contribution in [1.82, 2.24) is 10.3 Å². The lowest BCUT2D eigenvalue weighted by molar-refractivity contribution is -0.131. The van der Waals surface area contributed by atoms with Crippen molar-refractivity contribution in [2.24, 2.45) is 10.3 Å². The Hall–Kier alpha value is -3.53. The van der Waals surface area contributed by atoms with Crippen molar-refractivity contribution in [2.75, 3.05) is 13.6 Å². The molecular formula is C25H28F3N5O2. The van der Waals surface area contributed by atoms with Crippen LogP contribution in [0.5, 0.6) is 0 Å². The Balaban J connectivity index is 2.16. The minimum Gasteiger partial charge on any atom is -0.478 e. The van der Waals surface area contributed by atoms with Gasteiger partial charge in [-0.2, -0.15) is 0 Å². The highest BCUT2D eigenvalue weighted by atomic mass is 19.1. The highest BCUT2D eigenvalue weighted by molar-refractivity contribution is 5.97. The lowest BCUT2D eigenvalue weighted by Crippen LogP contribution is -2.48. The van der Waals surface area contributed by atoms with Gasteiger partial charge in [-0.05, 0) is 68.2 Å². The van der Waals surface area contributed by atoms with Gasteiger partial charge in [-0.15, -0.1) is 5.11 Å². The van der Waals surface area contributed by atoms with E-state index < -0.39 is 29.3 Å². The van der Waals surface area contributed by atoms with E-state index in [-0.39, 0.29) is 29.5 Å². The Morgan fingerprint density at radius 3 is 2.51 bits per heavy atom. The maximum Gasteiger partial charge on any atom is 0.328 e. The Labute approximate surface area is 201 Å². The Morgan fingerprint density at radius 1 is 1.29 bits per heavy atom. The fourth-order valence-corrected chi connectivity index (χ4v) is 4.35. The molecule has 0 spiro atoms. The molecule has 2 unspecified atom stereocenters. The van der Waals surface area contributed by atoms with Crippen molar-refractivity contribution in [3.63, 3.8) is 0 Å². The van der Waals surface area contributed by atoms with E-state index in [0.717, 1.165) is 29.8 Å². The quantitative estimate of drug-likeness (QED) is 0.167. The van der Waals surface area contributed by atoms with Crippen LogP contribution in [-0.2, 0) is 11.2 Å². The number of halogens is 3. The summed E-state index contributed by atoms with van der Waals surface area (Å²) in [4.78, 5) is 12.5. The van der Waals surface area contributed by atoms with Crippen LogP contribution in [0.25, 0.3) is 6.08 Å². The molecule has 3 N–H and O–H groups in total. The minimum absolute atomic E-state index is 0.0614. The van der Waals surface area contributed by atoms with Crippen LogP contribution in [0.15, 0.2) is 46.7 Å². The molecule has 0 aromatic heterocycles. The summed E-state index contributed by atoms with van der Waals surface area (Å²) in [5.74, 6) is -3.04. The summed E-state index contributed by atoms with van der Waals surface area (Å²) in [6, 6.07) is 5.99. The van der Waals surface area contributed by atoms with E-state index in [1.165, 1.54) is 13.8 Å². The average molecular weight is 488 g/mol. The van der Waals surface area contributed by atoms with Crippen LogP contribution in [0.4, 0.5) is 13.2 Å². The molecule has 3 rings (SSSR count). The SMILES string of the molecule is CN/N=N\C(=N)c1ccc2c(c1)CC(C)N(CC(C)(C)F)C2c1c(F)cc(/C=C/C(=O)O)cc1F. The third-order valence-electron chi connectivity index (χ3n) is 5.73.